The second-order valence-corrected chi connectivity index (χ2v) is 4.60. The quantitative estimate of drug-likeness (QED) is 0.832. The minimum absolute atomic E-state index is 0.590. The summed E-state index contributed by atoms with van der Waals surface area (Å²) in [7, 11) is 1.63. The predicted molar refractivity (Wildman–Crippen MR) is 67.1 cm³/mol. The van der Waals surface area contributed by atoms with Gasteiger partial charge in [0.2, 0.25) is 0 Å². The highest BCUT2D eigenvalue weighted by Crippen LogP contribution is 2.41. The lowest BCUT2D eigenvalue weighted by atomic mass is 10.2. The Morgan fingerprint density at radius 1 is 1.41 bits per heavy atom. The molecule has 0 amide bonds. The van der Waals surface area contributed by atoms with Crippen molar-refractivity contribution in [3.05, 3.63) is 41.4 Å². The van der Waals surface area contributed by atoms with Gasteiger partial charge in [-0.2, -0.15) is 0 Å². The number of nitrogens with zero attached hydrogens (tertiary/aromatic N) is 2. The van der Waals surface area contributed by atoms with E-state index in [1.165, 1.54) is 12.8 Å². The topological polar surface area (TPSA) is 27.1 Å². The van der Waals surface area contributed by atoms with E-state index in [9.17, 15) is 0 Å². The van der Waals surface area contributed by atoms with Gasteiger partial charge in [0.15, 0.2) is 0 Å². The average Bonchev–Trinajstić information content (AvgIpc) is 3.08. The molecule has 2 aromatic rings. The third-order valence-corrected chi connectivity index (χ3v) is 3.41. The van der Waals surface area contributed by atoms with Crippen molar-refractivity contribution in [3.8, 4) is 11.4 Å². The van der Waals surface area contributed by atoms with Crippen LogP contribution in [0.25, 0.3) is 5.69 Å². The van der Waals surface area contributed by atoms with Crippen molar-refractivity contribution in [2.75, 3.05) is 7.11 Å². The second kappa shape index (κ2) is 4.08. The Morgan fingerprint density at radius 2 is 2.24 bits per heavy atom. The molecule has 1 aliphatic carbocycles. The van der Waals surface area contributed by atoms with E-state index in [4.69, 9.17) is 16.3 Å². The Balaban J connectivity index is 2.11. The minimum Gasteiger partial charge on any atom is -0.495 e. The first-order valence-corrected chi connectivity index (χ1v) is 6.05. The molecule has 3 nitrogen and oxygen atoms in total. The third-order valence-electron chi connectivity index (χ3n) is 3.03. The molecule has 0 bridgehead atoms. The Bertz CT molecular complexity index is 546. The third kappa shape index (κ3) is 1.80. The van der Waals surface area contributed by atoms with E-state index in [1.807, 2.05) is 30.6 Å². The summed E-state index contributed by atoms with van der Waals surface area (Å²) in [4.78, 5) is 4.41. The van der Waals surface area contributed by atoms with E-state index in [0.29, 0.717) is 16.7 Å². The Labute approximate surface area is 105 Å². The number of hydrogen-bond donors (Lipinski definition) is 0. The molecule has 0 aliphatic heterocycles. The zero-order valence-corrected chi connectivity index (χ0v) is 10.3. The van der Waals surface area contributed by atoms with Gasteiger partial charge in [0.05, 0.1) is 12.8 Å². The molecule has 0 N–H and O–H groups in total. The minimum atomic E-state index is 0.590. The van der Waals surface area contributed by atoms with Crippen LogP contribution in [0.1, 0.15) is 24.6 Å². The fourth-order valence-electron chi connectivity index (χ4n) is 2.01. The lowest BCUT2D eigenvalue weighted by molar-refractivity contribution is 0.415. The number of ether oxygens (including phenoxy) is 1. The number of hydrogen-bond acceptors (Lipinski definition) is 2. The van der Waals surface area contributed by atoms with Crippen molar-refractivity contribution in [2.45, 2.75) is 18.8 Å². The van der Waals surface area contributed by atoms with Crippen molar-refractivity contribution in [2.24, 2.45) is 0 Å². The van der Waals surface area contributed by atoms with Crippen LogP contribution >= 0.6 is 11.6 Å². The van der Waals surface area contributed by atoms with Crippen molar-refractivity contribution < 1.29 is 4.74 Å². The fraction of sp³-hybridized carbons (Fsp3) is 0.308. The zero-order valence-electron chi connectivity index (χ0n) is 9.56. The molecule has 1 fully saturated rings. The molecule has 0 atom stereocenters. The zero-order chi connectivity index (χ0) is 11.8. The summed E-state index contributed by atoms with van der Waals surface area (Å²) in [5, 5.41) is 0.634. The maximum Gasteiger partial charge on any atom is 0.139 e. The molecule has 1 aromatic carbocycles. The van der Waals surface area contributed by atoms with E-state index >= 15 is 0 Å². The van der Waals surface area contributed by atoms with Crippen LogP contribution in [-0.4, -0.2) is 16.7 Å². The summed E-state index contributed by atoms with van der Waals surface area (Å²) >= 11 is 6.32. The van der Waals surface area contributed by atoms with Crippen LogP contribution in [0, 0.1) is 0 Å². The fourth-order valence-corrected chi connectivity index (χ4v) is 2.30. The highest BCUT2D eigenvalue weighted by Gasteiger charge is 2.28. The lowest BCUT2D eigenvalue weighted by Crippen LogP contribution is -2.00. The van der Waals surface area contributed by atoms with Crippen LogP contribution in [0.5, 0.6) is 5.75 Å². The summed E-state index contributed by atoms with van der Waals surface area (Å²) < 4.78 is 7.29. The number of imidazole rings is 1. The van der Waals surface area contributed by atoms with E-state index in [0.717, 1.165) is 11.5 Å². The van der Waals surface area contributed by atoms with Crippen LogP contribution < -0.4 is 4.74 Å². The standard InChI is InChI=1S/C13H13ClN2O/c1-17-11-4-2-3-10(12(11)14)16-8-7-15-13(16)9-5-6-9/h2-4,7-9H,5-6H2,1H3. The first kappa shape index (κ1) is 10.7. The first-order valence-electron chi connectivity index (χ1n) is 5.67. The average molecular weight is 249 g/mol. The van der Waals surface area contributed by atoms with Gasteiger partial charge in [-0.15, -0.1) is 0 Å². The van der Waals surface area contributed by atoms with Gasteiger partial charge in [0.25, 0.3) is 0 Å². The van der Waals surface area contributed by atoms with Gasteiger partial charge in [-0.05, 0) is 25.0 Å². The smallest absolute Gasteiger partial charge is 0.139 e. The Hall–Kier alpha value is -1.48. The van der Waals surface area contributed by atoms with Crippen molar-refractivity contribution in [1.82, 2.24) is 9.55 Å². The van der Waals surface area contributed by atoms with Gasteiger partial charge in [-0.3, -0.25) is 0 Å². The molecule has 0 radical (unpaired) electrons. The number of aromatic nitrogens is 2. The summed E-state index contributed by atoms with van der Waals surface area (Å²) in [6.07, 6.45) is 6.22. The number of methoxy groups -OCH3 is 1. The molecule has 3 rings (SSSR count). The van der Waals surface area contributed by atoms with Crippen LogP contribution in [0.3, 0.4) is 0 Å². The summed E-state index contributed by atoms with van der Waals surface area (Å²) in [6, 6.07) is 5.79. The number of benzene rings is 1. The maximum absolute atomic E-state index is 6.32. The van der Waals surface area contributed by atoms with E-state index in [-0.39, 0.29) is 0 Å². The van der Waals surface area contributed by atoms with Crippen molar-refractivity contribution in [1.29, 1.82) is 0 Å². The highest BCUT2D eigenvalue weighted by molar-refractivity contribution is 6.33. The molecule has 0 saturated heterocycles. The molecule has 1 aliphatic rings. The van der Waals surface area contributed by atoms with Crippen LogP contribution in [0.4, 0.5) is 0 Å². The summed E-state index contributed by atoms with van der Waals surface area (Å²) in [5.41, 5.74) is 0.936. The largest absolute Gasteiger partial charge is 0.495 e. The van der Waals surface area contributed by atoms with Gasteiger partial charge >= 0.3 is 0 Å². The van der Waals surface area contributed by atoms with Gasteiger partial charge in [0.1, 0.15) is 16.6 Å². The molecule has 1 heterocycles. The van der Waals surface area contributed by atoms with Crippen LogP contribution in [0.2, 0.25) is 5.02 Å². The molecule has 0 unspecified atom stereocenters. The van der Waals surface area contributed by atoms with E-state index in [2.05, 4.69) is 9.55 Å². The second-order valence-electron chi connectivity index (χ2n) is 4.22. The molecule has 88 valence electrons. The maximum atomic E-state index is 6.32. The van der Waals surface area contributed by atoms with Gasteiger partial charge < -0.3 is 9.30 Å². The molecule has 4 heteroatoms. The lowest BCUT2D eigenvalue weighted by Gasteiger charge is -2.11. The molecule has 1 aromatic heterocycles. The molecule has 1 saturated carbocycles. The Kier molecular flexibility index (Phi) is 2.56. The van der Waals surface area contributed by atoms with E-state index < -0.39 is 0 Å². The van der Waals surface area contributed by atoms with Crippen molar-refractivity contribution in [3.63, 3.8) is 0 Å². The summed E-state index contributed by atoms with van der Waals surface area (Å²) in [5.74, 6) is 2.38. The normalized spacial score (nSPS) is 14.9. The van der Waals surface area contributed by atoms with Crippen LogP contribution in [0.15, 0.2) is 30.6 Å². The molecular weight excluding hydrogens is 236 g/mol. The van der Waals surface area contributed by atoms with Crippen LogP contribution in [-0.2, 0) is 0 Å². The highest BCUT2D eigenvalue weighted by atomic mass is 35.5. The molecule has 17 heavy (non-hydrogen) atoms. The molecule has 0 spiro atoms. The monoisotopic (exact) mass is 248 g/mol. The number of halogens is 1. The van der Waals surface area contributed by atoms with E-state index in [1.54, 1.807) is 7.11 Å². The number of rotatable bonds is 3. The predicted octanol–water partition coefficient (Wildman–Crippen LogP) is 3.41. The first-order chi connectivity index (χ1) is 8.31. The Morgan fingerprint density at radius 3 is 2.94 bits per heavy atom. The van der Waals surface area contributed by atoms with Gasteiger partial charge in [0, 0.05) is 18.3 Å². The summed E-state index contributed by atoms with van der Waals surface area (Å²) in [6.45, 7) is 0. The SMILES string of the molecule is COc1cccc(-n2ccnc2C2CC2)c1Cl. The van der Waals surface area contributed by atoms with Gasteiger partial charge in [-0.25, -0.2) is 4.98 Å². The van der Waals surface area contributed by atoms with Crippen molar-refractivity contribution >= 4 is 11.6 Å². The van der Waals surface area contributed by atoms with Gasteiger partial charge in [-0.1, -0.05) is 17.7 Å². The molecular formula is C13H13ClN2O.